The van der Waals surface area contributed by atoms with Gasteiger partial charge in [-0.1, -0.05) is 36.8 Å². The van der Waals surface area contributed by atoms with Crippen molar-refractivity contribution in [2.45, 2.75) is 69.6 Å². The Morgan fingerprint density at radius 2 is 1.74 bits per heavy atom. The van der Waals surface area contributed by atoms with Gasteiger partial charge >= 0.3 is 12.1 Å². The molecule has 3 nitrogen and oxygen atoms in total. The van der Waals surface area contributed by atoms with Crippen LogP contribution in [0.4, 0.5) is 22.0 Å². The molecule has 0 aromatic heterocycles. The summed E-state index contributed by atoms with van der Waals surface area (Å²) in [5.41, 5.74) is 2.35. The molecule has 2 fully saturated rings. The Morgan fingerprint density at radius 3 is 2.37 bits per heavy atom. The van der Waals surface area contributed by atoms with Gasteiger partial charge in [-0.05, 0) is 66.2 Å². The molecule has 0 spiro atoms. The molecule has 8 heteroatoms. The fourth-order valence-corrected chi connectivity index (χ4v) is 7.56. The van der Waals surface area contributed by atoms with E-state index in [1.807, 2.05) is 0 Å². The monoisotopic (exact) mass is 494 g/mol. The number of carbonyl (C=O) groups excluding carboxylic acids is 2. The maximum absolute atomic E-state index is 14.8. The number of ketones is 1. The summed E-state index contributed by atoms with van der Waals surface area (Å²) in [6.07, 6.45) is -3.43. The molecular weight excluding hydrogens is 467 g/mol. The smallest absolute Gasteiger partial charge is 0.392 e. The number of benzene rings is 1. The second-order valence-electron chi connectivity index (χ2n) is 10.8. The minimum absolute atomic E-state index is 0.0340. The van der Waals surface area contributed by atoms with Crippen molar-refractivity contribution in [3.8, 4) is 0 Å². The average molecular weight is 495 g/mol. The highest BCUT2D eigenvalue weighted by Gasteiger charge is 2.71. The van der Waals surface area contributed by atoms with Gasteiger partial charge in [-0.3, -0.25) is 9.59 Å². The zero-order valence-corrected chi connectivity index (χ0v) is 19.2. The van der Waals surface area contributed by atoms with E-state index in [1.54, 1.807) is 30.3 Å². The number of aldehydes is 1. The fourth-order valence-electron chi connectivity index (χ4n) is 7.56. The van der Waals surface area contributed by atoms with E-state index >= 15 is 0 Å². The summed E-state index contributed by atoms with van der Waals surface area (Å²) in [5.74, 6) is -8.33. The summed E-state index contributed by atoms with van der Waals surface area (Å²) in [4.78, 5) is 23.2. The fraction of sp³-hybridized carbons (Fsp3) is 0.556. The van der Waals surface area contributed by atoms with E-state index in [0.29, 0.717) is 30.3 Å². The van der Waals surface area contributed by atoms with Gasteiger partial charge in [0, 0.05) is 29.7 Å². The highest BCUT2D eigenvalue weighted by molar-refractivity contribution is 5.93. The second-order valence-corrected chi connectivity index (χ2v) is 10.8. The van der Waals surface area contributed by atoms with E-state index in [1.165, 1.54) is 6.92 Å². The third kappa shape index (κ3) is 3.62. The van der Waals surface area contributed by atoms with E-state index in [9.17, 15) is 36.6 Å². The zero-order valence-electron chi connectivity index (χ0n) is 19.2. The van der Waals surface area contributed by atoms with E-state index in [2.05, 4.69) is 0 Å². The number of hydrogen-bond acceptors (Lipinski definition) is 3. The van der Waals surface area contributed by atoms with Gasteiger partial charge in [0.2, 0.25) is 0 Å². The number of alkyl halides is 5. The van der Waals surface area contributed by atoms with Crippen molar-refractivity contribution in [2.75, 3.05) is 0 Å². The van der Waals surface area contributed by atoms with Crippen LogP contribution in [0.25, 0.3) is 0 Å². The van der Waals surface area contributed by atoms with Crippen LogP contribution >= 0.6 is 0 Å². The molecule has 2 saturated carbocycles. The summed E-state index contributed by atoms with van der Waals surface area (Å²) in [6, 6.07) is 6.64. The van der Waals surface area contributed by atoms with Crippen LogP contribution in [0.15, 0.2) is 47.1 Å². The maximum Gasteiger partial charge on any atom is 0.453 e. The number of halogens is 5. The van der Waals surface area contributed by atoms with Gasteiger partial charge < -0.3 is 5.11 Å². The molecule has 4 aliphatic carbocycles. The number of aliphatic hydroxyl groups excluding tert-OH is 1. The van der Waals surface area contributed by atoms with Gasteiger partial charge in [0.05, 0.1) is 6.10 Å². The molecule has 0 heterocycles. The van der Waals surface area contributed by atoms with Crippen LogP contribution in [0.2, 0.25) is 0 Å². The van der Waals surface area contributed by atoms with Gasteiger partial charge in [0.25, 0.3) is 0 Å². The second kappa shape index (κ2) is 8.08. The summed E-state index contributed by atoms with van der Waals surface area (Å²) < 4.78 is 70.2. The lowest BCUT2D eigenvalue weighted by Crippen LogP contribution is -2.54. The lowest BCUT2D eigenvalue weighted by Gasteiger charge is -2.54. The first-order chi connectivity index (χ1) is 16.4. The number of aliphatic hydroxyl groups is 1. The molecule has 0 amide bonds. The normalized spacial score (nSPS) is 35.2. The molecular formula is C27H27F5O3. The topological polar surface area (TPSA) is 54.4 Å². The van der Waals surface area contributed by atoms with Crippen molar-refractivity contribution in [1.29, 1.82) is 0 Å². The van der Waals surface area contributed by atoms with Gasteiger partial charge in [0.1, 0.15) is 6.29 Å². The molecule has 35 heavy (non-hydrogen) atoms. The van der Waals surface area contributed by atoms with E-state index in [4.69, 9.17) is 0 Å². The Morgan fingerprint density at radius 1 is 1.06 bits per heavy atom. The molecule has 0 aliphatic heterocycles. The SMILES string of the molecule is C[C@]12C[C@H](c3ccc(C=O)cc3)C3=C4CCC(=O)C=C4C[C@H](O)C3C1CC[C@H]2C(F)(F)C(F)(F)F. The molecule has 5 rings (SSSR count). The van der Waals surface area contributed by atoms with Crippen molar-refractivity contribution in [3.05, 3.63) is 58.2 Å². The lowest BCUT2D eigenvalue weighted by atomic mass is 9.51. The summed E-state index contributed by atoms with van der Waals surface area (Å²) in [5, 5.41) is 11.2. The maximum atomic E-state index is 14.8. The van der Waals surface area contributed by atoms with Gasteiger partial charge in [0.15, 0.2) is 5.78 Å². The molecule has 1 N–H and O–H groups in total. The summed E-state index contributed by atoms with van der Waals surface area (Å²) in [7, 11) is 0. The Kier molecular flexibility index (Phi) is 5.62. The number of hydrogen-bond donors (Lipinski definition) is 1. The highest BCUT2D eigenvalue weighted by atomic mass is 19.4. The van der Waals surface area contributed by atoms with Gasteiger partial charge in [-0.25, -0.2) is 0 Å². The van der Waals surface area contributed by atoms with Crippen LogP contribution in [0.1, 0.15) is 67.3 Å². The Bertz CT molecular complexity index is 1120. The molecule has 1 aromatic rings. The van der Waals surface area contributed by atoms with Crippen LogP contribution < -0.4 is 0 Å². The number of carbonyl (C=O) groups is 2. The van der Waals surface area contributed by atoms with Crippen molar-refractivity contribution in [2.24, 2.45) is 23.2 Å². The Labute approximate surface area is 200 Å². The minimum atomic E-state index is -5.65. The third-order valence-electron chi connectivity index (χ3n) is 9.05. The van der Waals surface area contributed by atoms with Crippen molar-refractivity contribution in [3.63, 3.8) is 0 Å². The van der Waals surface area contributed by atoms with E-state index in [-0.39, 0.29) is 31.5 Å². The molecule has 1 aromatic carbocycles. The molecule has 0 bridgehead atoms. The Hall–Kier alpha value is -2.35. The standard InChI is InChI=1S/C27H27F5O3/c1-25-12-19(15-4-2-14(13-33)3-5-15)23-18-7-6-17(34)10-16(18)11-21(35)24(23)20(25)8-9-22(25)26(28,29)27(30,31)32/h2-5,10,13,19-22,24,35H,6-9,11-12H2,1H3/t19-,20?,21+,22-,24?,25+/m1/s1. The molecule has 4 aliphatic rings. The minimum Gasteiger partial charge on any atom is -0.392 e. The van der Waals surface area contributed by atoms with Crippen molar-refractivity contribution >= 4 is 12.1 Å². The summed E-state index contributed by atoms with van der Waals surface area (Å²) in [6.45, 7) is 1.53. The lowest BCUT2D eigenvalue weighted by molar-refractivity contribution is -0.315. The quantitative estimate of drug-likeness (QED) is 0.403. The van der Waals surface area contributed by atoms with Gasteiger partial charge in [-0.2, -0.15) is 22.0 Å². The molecule has 2 unspecified atom stereocenters. The van der Waals surface area contributed by atoms with Crippen LogP contribution in [-0.4, -0.2) is 35.4 Å². The predicted molar refractivity (Wildman–Crippen MR) is 118 cm³/mol. The van der Waals surface area contributed by atoms with Gasteiger partial charge in [-0.15, -0.1) is 0 Å². The first kappa shape index (κ1) is 24.3. The number of rotatable bonds is 3. The van der Waals surface area contributed by atoms with E-state index in [0.717, 1.165) is 16.7 Å². The van der Waals surface area contributed by atoms with Crippen LogP contribution in [0, 0.1) is 23.2 Å². The molecule has 0 radical (unpaired) electrons. The summed E-state index contributed by atoms with van der Waals surface area (Å²) >= 11 is 0. The van der Waals surface area contributed by atoms with Crippen LogP contribution in [0.5, 0.6) is 0 Å². The van der Waals surface area contributed by atoms with Crippen molar-refractivity contribution in [1.82, 2.24) is 0 Å². The average Bonchev–Trinajstić information content (AvgIpc) is 3.14. The first-order valence-electron chi connectivity index (χ1n) is 12.0. The predicted octanol–water partition coefficient (Wildman–Crippen LogP) is 6.18. The highest BCUT2D eigenvalue weighted by Crippen LogP contribution is 2.69. The zero-order chi connectivity index (χ0) is 25.3. The molecule has 188 valence electrons. The molecule has 6 atom stereocenters. The first-order valence-corrected chi connectivity index (χ1v) is 12.0. The number of allylic oxidation sites excluding steroid dienone is 2. The Balaban J connectivity index is 1.69. The number of fused-ring (bicyclic) bond motifs is 4. The largest absolute Gasteiger partial charge is 0.453 e. The van der Waals surface area contributed by atoms with Crippen LogP contribution in [-0.2, 0) is 4.79 Å². The third-order valence-corrected chi connectivity index (χ3v) is 9.05. The van der Waals surface area contributed by atoms with E-state index < -0.39 is 47.3 Å². The molecule has 0 saturated heterocycles. The van der Waals surface area contributed by atoms with Crippen LogP contribution in [0.3, 0.4) is 0 Å². The van der Waals surface area contributed by atoms with Crippen molar-refractivity contribution < 1.29 is 36.6 Å².